The number of nitrogens with one attached hydrogen (secondary N) is 1. The zero-order chi connectivity index (χ0) is 15.0. The third kappa shape index (κ3) is 2.85. The van der Waals surface area contributed by atoms with Gasteiger partial charge in [-0.3, -0.25) is 0 Å². The van der Waals surface area contributed by atoms with Gasteiger partial charge in [0.15, 0.2) is 11.6 Å². The molecule has 1 heterocycles. The summed E-state index contributed by atoms with van der Waals surface area (Å²) in [5.41, 5.74) is 1.97. The second kappa shape index (κ2) is 6.03. The Hall–Kier alpha value is -0.970. The predicted molar refractivity (Wildman–Crippen MR) is 83.2 cm³/mol. The minimum absolute atomic E-state index is 0.205. The molecular weight excluding hydrogens is 312 g/mol. The molecule has 0 amide bonds. The Bertz CT molecular complexity index is 645. The van der Waals surface area contributed by atoms with Gasteiger partial charge in [0.05, 0.1) is 6.04 Å². The first-order chi connectivity index (χ1) is 10.1. The summed E-state index contributed by atoms with van der Waals surface area (Å²) < 4.78 is 26.8. The van der Waals surface area contributed by atoms with Crippen molar-refractivity contribution in [2.45, 2.75) is 31.7 Å². The average Bonchev–Trinajstić information content (AvgIpc) is 2.88. The molecule has 1 nitrogen and oxygen atoms in total. The number of rotatable bonds is 3. The van der Waals surface area contributed by atoms with Gasteiger partial charge in [0.2, 0.25) is 0 Å². The lowest BCUT2D eigenvalue weighted by Gasteiger charge is -2.17. The van der Waals surface area contributed by atoms with Gasteiger partial charge in [-0.15, -0.1) is 11.3 Å². The van der Waals surface area contributed by atoms with Gasteiger partial charge in [-0.05, 0) is 62.1 Å². The maximum atomic E-state index is 13.5. The van der Waals surface area contributed by atoms with Crippen LogP contribution in [-0.4, -0.2) is 7.05 Å². The molecule has 1 N–H and O–H groups in total. The van der Waals surface area contributed by atoms with E-state index in [0.717, 1.165) is 23.8 Å². The lowest BCUT2D eigenvalue weighted by molar-refractivity contribution is 0.505. The first-order valence-corrected chi connectivity index (χ1v) is 8.22. The highest BCUT2D eigenvalue weighted by Gasteiger charge is 2.22. The van der Waals surface area contributed by atoms with E-state index in [-0.39, 0.29) is 11.1 Å². The highest BCUT2D eigenvalue weighted by Crippen LogP contribution is 2.37. The van der Waals surface area contributed by atoms with E-state index in [1.165, 1.54) is 29.3 Å². The van der Waals surface area contributed by atoms with Gasteiger partial charge in [0.25, 0.3) is 0 Å². The smallest absolute Gasteiger partial charge is 0.160 e. The summed E-state index contributed by atoms with van der Waals surface area (Å²) in [4.78, 5) is 2.52. The Morgan fingerprint density at radius 3 is 2.57 bits per heavy atom. The van der Waals surface area contributed by atoms with E-state index in [2.05, 4.69) is 11.4 Å². The molecule has 0 aliphatic heterocycles. The van der Waals surface area contributed by atoms with Crippen molar-refractivity contribution in [1.82, 2.24) is 5.32 Å². The van der Waals surface area contributed by atoms with Crippen molar-refractivity contribution in [2.24, 2.45) is 0 Å². The summed E-state index contributed by atoms with van der Waals surface area (Å²) in [7, 11) is 1.81. The zero-order valence-electron chi connectivity index (χ0n) is 11.7. The van der Waals surface area contributed by atoms with Crippen LogP contribution in [0.25, 0.3) is 0 Å². The molecule has 3 rings (SSSR count). The maximum absolute atomic E-state index is 13.5. The molecule has 0 radical (unpaired) electrons. The zero-order valence-corrected chi connectivity index (χ0v) is 13.3. The average molecular weight is 328 g/mol. The van der Waals surface area contributed by atoms with Crippen molar-refractivity contribution in [1.29, 1.82) is 0 Å². The van der Waals surface area contributed by atoms with Crippen LogP contribution >= 0.6 is 22.9 Å². The van der Waals surface area contributed by atoms with Crippen molar-refractivity contribution in [3.05, 3.63) is 55.7 Å². The summed E-state index contributed by atoms with van der Waals surface area (Å²) in [6, 6.07) is 4.21. The quantitative estimate of drug-likeness (QED) is 0.793. The van der Waals surface area contributed by atoms with E-state index in [0.29, 0.717) is 5.56 Å². The van der Waals surface area contributed by atoms with Crippen LogP contribution in [-0.2, 0) is 12.8 Å². The highest BCUT2D eigenvalue weighted by molar-refractivity contribution is 7.12. The second-order valence-electron chi connectivity index (χ2n) is 5.31. The van der Waals surface area contributed by atoms with Crippen LogP contribution < -0.4 is 5.32 Å². The first kappa shape index (κ1) is 14.9. The summed E-state index contributed by atoms with van der Waals surface area (Å²) in [5, 5.41) is 3.42. The molecule has 0 fully saturated rings. The van der Waals surface area contributed by atoms with Crippen molar-refractivity contribution < 1.29 is 8.78 Å². The van der Waals surface area contributed by atoms with Crippen molar-refractivity contribution >= 4 is 22.9 Å². The highest BCUT2D eigenvalue weighted by atomic mass is 35.5. The molecule has 1 aliphatic carbocycles. The number of hydrogen-bond acceptors (Lipinski definition) is 2. The summed E-state index contributed by atoms with van der Waals surface area (Å²) >= 11 is 7.85. The monoisotopic (exact) mass is 327 g/mol. The van der Waals surface area contributed by atoms with Crippen molar-refractivity contribution in [3.63, 3.8) is 0 Å². The third-order valence-electron chi connectivity index (χ3n) is 3.94. The van der Waals surface area contributed by atoms with Crippen molar-refractivity contribution in [2.75, 3.05) is 7.05 Å². The van der Waals surface area contributed by atoms with Gasteiger partial charge in [0.1, 0.15) is 0 Å². The molecule has 5 heteroatoms. The van der Waals surface area contributed by atoms with Crippen LogP contribution in [0.5, 0.6) is 0 Å². The van der Waals surface area contributed by atoms with Gasteiger partial charge in [-0.2, -0.15) is 0 Å². The summed E-state index contributed by atoms with van der Waals surface area (Å²) in [5.74, 6) is -1.78. The first-order valence-electron chi connectivity index (χ1n) is 7.03. The minimum atomic E-state index is -0.913. The number of hydrogen-bond donors (Lipinski definition) is 1. The van der Waals surface area contributed by atoms with Crippen LogP contribution in [0.3, 0.4) is 0 Å². The molecule has 1 atom stereocenters. The number of aryl methyl sites for hydroxylation is 2. The summed E-state index contributed by atoms with van der Waals surface area (Å²) in [6.07, 6.45) is 4.66. The van der Waals surface area contributed by atoms with Crippen LogP contribution in [0.4, 0.5) is 8.78 Å². The SMILES string of the molecule is CNC(c1cc2c(s1)CCCC2)c1cc(F)c(F)cc1Cl. The van der Waals surface area contributed by atoms with Crippen molar-refractivity contribution in [3.8, 4) is 0 Å². The third-order valence-corrected chi connectivity index (χ3v) is 5.57. The molecular formula is C16H16ClF2NS. The van der Waals surface area contributed by atoms with E-state index >= 15 is 0 Å². The van der Waals surface area contributed by atoms with E-state index in [9.17, 15) is 8.78 Å². The van der Waals surface area contributed by atoms with Crippen LogP contribution in [0.15, 0.2) is 18.2 Å². The van der Waals surface area contributed by atoms with Gasteiger partial charge < -0.3 is 5.32 Å². The van der Waals surface area contributed by atoms with Gasteiger partial charge in [-0.1, -0.05) is 11.6 Å². The normalized spacial score (nSPS) is 15.8. The lowest BCUT2D eigenvalue weighted by Crippen LogP contribution is -2.17. The standard InChI is InChI=1S/C16H16ClF2NS/c1-20-16(10-7-12(18)13(19)8-11(10)17)15-6-9-4-2-3-5-14(9)21-15/h6-8,16,20H,2-5H2,1H3. The van der Waals surface area contributed by atoms with Gasteiger partial charge >= 0.3 is 0 Å². The molecule has 0 spiro atoms. The van der Waals surface area contributed by atoms with Crippen LogP contribution in [0.1, 0.15) is 39.8 Å². The number of halogens is 3. The molecule has 21 heavy (non-hydrogen) atoms. The van der Waals surface area contributed by atoms with E-state index < -0.39 is 11.6 Å². The molecule has 112 valence electrons. The Balaban J connectivity index is 2.02. The topological polar surface area (TPSA) is 12.0 Å². The lowest BCUT2D eigenvalue weighted by atomic mass is 9.97. The fourth-order valence-corrected chi connectivity index (χ4v) is 4.51. The fraction of sp³-hybridized carbons (Fsp3) is 0.375. The molecule has 1 aliphatic rings. The van der Waals surface area contributed by atoms with Gasteiger partial charge in [-0.25, -0.2) is 8.78 Å². The van der Waals surface area contributed by atoms with Gasteiger partial charge in [0, 0.05) is 14.8 Å². The molecule has 1 aromatic heterocycles. The molecule has 0 bridgehead atoms. The van der Waals surface area contributed by atoms with Crippen LogP contribution in [0.2, 0.25) is 5.02 Å². The Morgan fingerprint density at radius 1 is 1.14 bits per heavy atom. The molecule has 1 aromatic carbocycles. The van der Waals surface area contributed by atoms with Crippen LogP contribution in [0, 0.1) is 11.6 Å². The van der Waals surface area contributed by atoms with E-state index in [4.69, 9.17) is 11.6 Å². The molecule has 2 aromatic rings. The fourth-order valence-electron chi connectivity index (χ4n) is 2.87. The Kier molecular flexibility index (Phi) is 4.29. The Morgan fingerprint density at radius 2 is 1.86 bits per heavy atom. The molecule has 0 saturated carbocycles. The number of benzene rings is 1. The number of thiophene rings is 1. The van der Waals surface area contributed by atoms with E-state index in [1.54, 1.807) is 18.4 Å². The largest absolute Gasteiger partial charge is 0.309 e. The minimum Gasteiger partial charge on any atom is -0.309 e. The van der Waals surface area contributed by atoms with E-state index in [1.807, 2.05) is 0 Å². The molecule has 0 saturated heterocycles. The molecule has 1 unspecified atom stereocenters. The number of fused-ring (bicyclic) bond motifs is 1. The summed E-state index contributed by atoms with van der Waals surface area (Å²) in [6.45, 7) is 0. The Labute approximate surface area is 131 Å². The predicted octanol–water partition coefficient (Wildman–Crippen LogP) is 4.87. The maximum Gasteiger partial charge on any atom is 0.160 e. The second-order valence-corrected chi connectivity index (χ2v) is 6.89.